The summed E-state index contributed by atoms with van der Waals surface area (Å²) in [6.07, 6.45) is -0.891. The molecule has 2 aromatic carbocycles. The van der Waals surface area contributed by atoms with Gasteiger partial charge in [-0.3, -0.25) is 10.1 Å². The van der Waals surface area contributed by atoms with E-state index in [1.807, 2.05) is 0 Å². The fourth-order valence-electron chi connectivity index (χ4n) is 2.22. The molecule has 9 heteroatoms. The van der Waals surface area contributed by atoms with Gasteiger partial charge in [0.05, 0.1) is 20.0 Å². The number of nitro groups is 1. The SMILES string of the molecule is COC(OC)c1cc([N+](=O)[O-])c(C)c(Cl)c1Oc1ccc(Cl)cc1Br. The summed E-state index contributed by atoms with van der Waals surface area (Å²) in [5.41, 5.74) is 0.428. The summed E-state index contributed by atoms with van der Waals surface area (Å²) in [6.45, 7) is 1.54. The van der Waals surface area contributed by atoms with E-state index in [2.05, 4.69) is 15.9 Å². The molecular formula is C16H14BrCl2NO5. The van der Waals surface area contributed by atoms with Gasteiger partial charge in [0.15, 0.2) is 12.0 Å². The molecular weight excluding hydrogens is 437 g/mol. The van der Waals surface area contributed by atoms with Crippen molar-refractivity contribution in [3.63, 3.8) is 0 Å². The maximum absolute atomic E-state index is 11.3. The first-order valence-corrected chi connectivity index (χ1v) is 8.50. The topological polar surface area (TPSA) is 70.8 Å². The van der Waals surface area contributed by atoms with Gasteiger partial charge in [0, 0.05) is 30.9 Å². The third-order valence-electron chi connectivity index (χ3n) is 3.45. The lowest BCUT2D eigenvalue weighted by molar-refractivity contribution is -0.385. The molecule has 0 aromatic heterocycles. The molecule has 0 N–H and O–H groups in total. The Morgan fingerprint density at radius 1 is 1.20 bits per heavy atom. The summed E-state index contributed by atoms with van der Waals surface area (Å²) in [5, 5.41) is 11.9. The van der Waals surface area contributed by atoms with Crippen LogP contribution in [0.15, 0.2) is 28.7 Å². The lowest BCUT2D eigenvalue weighted by Crippen LogP contribution is -2.08. The standard InChI is InChI=1S/C16H14BrCl2NO5/c1-8-12(20(21)22)7-10(16(23-2)24-3)15(14(8)19)25-13-5-4-9(18)6-11(13)17/h4-7,16H,1-3H3. The number of hydrogen-bond donors (Lipinski definition) is 0. The van der Waals surface area contributed by atoms with Crippen LogP contribution in [0.5, 0.6) is 11.5 Å². The van der Waals surface area contributed by atoms with Crippen molar-refractivity contribution in [2.45, 2.75) is 13.2 Å². The highest BCUT2D eigenvalue weighted by molar-refractivity contribution is 9.10. The van der Waals surface area contributed by atoms with Gasteiger partial charge < -0.3 is 14.2 Å². The molecule has 0 aliphatic heterocycles. The molecule has 6 nitrogen and oxygen atoms in total. The zero-order chi connectivity index (χ0) is 18.7. The van der Waals surface area contributed by atoms with Crippen molar-refractivity contribution in [3.05, 3.63) is 60.0 Å². The summed E-state index contributed by atoms with van der Waals surface area (Å²) in [6, 6.07) is 6.29. The van der Waals surface area contributed by atoms with Crippen LogP contribution in [0.2, 0.25) is 10.0 Å². The molecule has 0 saturated carbocycles. The number of rotatable bonds is 6. The summed E-state index contributed by atoms with van der Waals surface area (Å²) < 4.78 is 17.0. The number of hydrogen-bond acceptors (Lipinski definition) is 5. The van der Waals surface area contributed by atoms with Crippen molar-refractivity contribution in [3.8, 4) is 11.5 Å². The third kappa shape index (κ3) is 4.24. The van der Waals surface area contributed by atoms with Gasteiger partial charge in [0.2, 0.25) is 0 Å². The Labute approximate surface area is 162 Å². The fraction of sp³-hybridized carbons (Fsp3) is 0.250. The molecule has 25 heavy (non-hydrogen) atoms. The molecule has 0 unspecified atom stereocenters. The summed E-state index contributed by atoms with van der Waals surface area (Å²) in [5.74, 6) is 0.647. The van der Waals surface area contributed by atoms with Crippen LogP contribution >= 0.6 is 39.1 Å². The number of nitrogens with zero attached hydrogens (tertiary/aromatic N) is 1. The monoisotopic (exact) mass is 449 g/mol. The molecule has 0 heterocycles. The molecule has 0 amide bonds. The van der Waals surface area contributed by atoms with Crippen LogP contribution in [-0.4, -0.2) is 19.1 Å². The first-order chi connectivity index (χ1) is 11.8. The van der Waals surface area contributed by atoms with Crippen molar-refractivity contribution in [1.82, 2.24) is 0 Å². The summed E-state index contributed by atoms with van der Waals surface area (Å²) in [4.78, 5) is 10.8. The molecule has 2 rings (SSSR count). The molecule has 0 saturated heterocycles. The van der Waals surface area contributed by atoms with E-state index in [0.717, 1.165) is 0 Å². The molecule has 0 radical (unpaired) electrons. The Morgan fingerprint density at radius 2 is 1.84 bits per heavy atom. The van der Waals surface area contributed by atoms with E-state index >= 15 is 0 Å². The van der Waals surface area contributed by atoms with E-state index in [1.165, 1.54) is 20.3 Å². The minimum absolute atomic E-state index is 0.102. The van der Waals surface area contributed by atoms with Crippen LogP contribution in [0.3, 0.4) is 0 Å². The normalized spacial score (nSPS) is 11.0. The Kier molecular flexibility index (Phi) is 6.65. The van der Waals surface area contributed by atoms with Gasteiger partial charge in [-0.1, -0.05) is 23.2 Å². The molecule has 0 aliphatic carbocycles. The van der Waals surface area contributed by atoms with E-state index in [0.29, 0.717) is 20.8 Å². The van der Waals surface area contributed by atoms with Gasteiger partial charge in [-0.05, 0) is 41.1 Å². The highest BCUT2D eigenvalue weighted by atomic mass is 79.9. The molecule has 0 spiro atoms. The molecule has 0 bridgehead atoms. The van der Waals surface area contributed by atoms with Crippen molar-refractivity contribution in [2.24, 2.45) is 0 Å². The van der Waals surface area contributed by atoms with E-state index in [4.69, 9.17) is 37.4 Å². The number of benzene rings is 2. The molecule has 0 aliphatic rings. The van der Waals surface area contributed by atoms with Gasteiger partial charge >= 0.3 is 0 Å². The Hall–Kier alpha value is -1.38. The number of ether oxygens (including phenoxy) is 3. The first-order valence-electron chi connectivity index (χ1n) is 6.96. The highest BCUT2D eigenvalue weighted by Crippen LogP contribution is 2.44. The number of methoxy groups -OCH3 is 2. The molecule has 0 fully saturated rings. The maximum Gasteiger partial charge on any atom is 0.274 e. The Morgan fingerprint density at radius 3 is 2.36 bits per heavy atom. The predicted octanol–water partition coefficient (Wildman–Crippen LogP) is 6.06. The van der Waals surface area contributed by atoms with E-state index in [-0.39, 0.29) is 22.0 Å². The van der Waals surface area contributed by atoms with Crippen LogP contribution < -0.4 is 4.74 Å². The average molecular weight is 451 g/mol. The fourth-order valence-corrected chi connectivity index (χ4v) is 3.23. The van der Waals surface area contributed by atoms with Gasteiger partial charge in [0.1, 0.15) is 5.75 Å². The van der Waals surface area contributed by atoms with Gasteiger partial charge in [0.25, 0.3) is 5.69 Å². The Balaban J connectivity index is 2.65. The quantitative estimate of drug-likeness (QED) is 0.304. The smallest absolute Gasteiger partial charge is 0.274 e. The lowest BCUT2D eigenvalue weighted by Gasteiger charge is -2.20. The minimum atomic E-state index is -0.891. The van der Waals surface area contributed by atoms with Gasteiger partial charge in [-0.25, -0.2) is 0 Å². The predicted molar refractivity (Wildman–Crippen MR) is 98.8 cm³/mol. The van der Waals surface area contributed by atoms with E-state index in [1.54, 1.807) is 25.1 Å². The average Bonchev–Trinajstić information content (AvgIpc) is 2.56. The third-order valence-corrected chi connectivity index (χ3v) is 4.76. The zero-order valence-electron chi connectivity index (χ0n) is 13.5. The van der Waals surface area contributed by atoms with Crippen molar-refractivity contribution < 1.29 is 19.1 Å². The zero-order valence-corrected chi connectivity index (χ0v) is 16.6. The van der Waals surface area contributed by atoms with Crippen molar-refractivity contribution in [1.29, 1.82) is 0 Å². The van der Waals surface area contributed by atoms with Crippen molar-refractivity contribution >= 4 is 44.8 Å². The number of nitro benzene ring substituents is 1. The second kappa shape index (κ2) is 8.33. The summed E-state index contributed by atoms with van der Waals surface area (Å²) in [7, 11) is 2.82. The molecule has 0 atom stereocenters. The second-order valence-electron chi connectivity index (χ2n) is 4.99. The maximum atomic E-state index is 11.3. The van der Waals surface area contributed by atoms with Gasteiger partial charge in [-0.15, -0.1) is 0 Å². The second-order valence-corrected chi connectivity index (χ2v) is 6.66. The Bertz CT molecular complexity index is 812. The van der Waals surface area contributed by atoms with Gasteiger partial charge in [-0.2, -0.15) is 0 Å². The van der Waals surface area contributed by atoms with Crippen LogP contribution in [-0.2, 0) is 9.47 Å². The van der Waals surface area contributed by atoms with Crippen LogP contribution in [0.25, 0.3) is 0 Å². The minimum Gasteiger partial charge on any atom is -0.454 e. The van der Waals surface area contributed by atoms with Crippen LogP contribution in [0.1, 0.15) is 17.4 Å². The van der Waals surface area contributed by atoms with Crippen molar-refractivity contribution in [2.75, 3.05) is 14.2 Å². The van der Waals surface area contributed by atoms with E-state index in [9.17, 15) is 10.1 Å². The van der Waals surface area contributed by atoms with Crippen LogP contribution in [0, 0.1) is 17.0 Å². The summed E-state index contributed by atoms with van der Waals surface area (Å²) >= 11 is 15.6. The first kappa shape index (κ1) is 19.9. The highest BCUT2D eigenvalue weighted by Gasteiger charge is 2.27. The number of halogens is 3. The molecule has 134 valence electrons. The largest absolute Gasteiger partial charge is 0.454 e. The van der Waals surface area contributed by atoms with E-state index < -0.39 is 11.2 Å². The lowest BCUT2D eigenvalue weighted by atomic mass is 10.1. The van der Waals surface area contributed by atoms with Crippen LogP contribution in [0.4, 0.5) is 5.69 Å². The molecule has 2 aromatic rings.